The molecule has 6 heteroatoms. The molecule has 0 saturated heterocycles. The largest absolute Gasteiger partial charge is 0.465 e. The first kappa shape index (κ1) is 20.4. The molecule has 2 atom stereocenters. The van der Waals surface area contributed by atoms with Crippen LogP contribution < -0.4 is 0 Å². The van der Waals surface area contributed by atoms with E-state index in [0.29, 0.717) is 35.9 Å². The second-order valence-electron chi connectivity index (χ2n) is 10.1. The summed E-state index contributed by atoms with van der Waals surface area (Å²) in [5.74, 6) is 0.281. The lowest BCUT2D eigenvalue weighted by Gasteiger charge is -2.60. The van der Waals surface area contributed by atoms with Crippen LogP contribution in [-0.2, 0) is 20.9 Å². The van der Waals surface area contributed by atoms with Crippen LogP contribution in [0.1, 0.15) is 66.6 Å². The molecule has 2 aromatic rings. The number of ether oxygens (including phenoxy) is 2. The lowest BCUT2D eigenvalue weighted by molar-refractivity contribution is -0.177. The number of aromatic nitrogens is 1. The van der Waals surface area contributed by atoms with E-state index < -0.39 is 11.6 Å². The summed E-state index contributed by atoms with van der Waals surface area (Å²) < 4.78 is 10.6. The Labute approximate surface area is 181 Å². The minimum atomic E-state index is -0.598. The third-order valence-electron chi connectivity index (χ3n) is 7.66. The van der Waals surface area contributed by atoms with E-state index in [1.54, 1.807) is 0 Å². The lowest BCUT2D eigenvalue weighted by Crippen LogP contribution is -2.56. The molecule has 31 heavy (non-hydrogen) atoms. The van der Waals surface area contributed by atoms with Crippen LogP contribution in [-0.4, -0.2) is 34.7 Å². The van der Waals surface area contributed by atoms with E-state index >= 15 is 0 Å². The number of hydrogen-bond acceptors (Lipinski definition) is 6. The van der Waals surface area contributed by atoms with Gasteiger partial charge in [0.2, 0.25) is 0 Å². The van der Waals surface area contributed by atoms with Gasteiger partial charge in [0.25, 0.3) is 0 Å². The maximum absolute atomic E-state index is 12.9. The summed E-state index contributed by atoms with van der Waals surface area (Å²) in [6.45, 7) is 1.79. The van der Waals surface area contributed by atoms with Gasteiger partial charge in [-0.1, -0.05) is 18.2 Å². The molecule has 0 amide bonds. The number of hydrogen-bond donors (Lipinski definition) is 1. The van der Waals surface area contributed by atoms with Crippen molar-refractivity contribution in [3.8, 4) is 0 Å². The topological polar surface area (TPSA) is 85.7 Å². The van der Waals surface area contributed by atoms with Gasteiger partial charge < -0.3 is 14.6 Å². The smallest absolute Gasteiger partial charge is 0.340 e. The number of fused-ring (bicyclic) bond motifs is 1. The van der Waals surface area contributed by atoms with Crippen molar-refractivity contribution in [1.29, 1.82) is 0 Å². The quantitative estimate of drug-likeness (QED) is 0.729. The van der Waals surface area contributed by atoms with Gasteiger partial charge in [-0.3, -0.25) is 4.79 Å². The highest BCUT2D eigenvalue weighted by molar-refractivity contribution is 5.98. The Morgan fingerprint density at radius 3 is 2.55 bits per heavy atom. The number of carbonyl (C=O) groups is 2. The van der Waals surface area contributed by atoms with E-state index in [4.69, 9.17) is 9.47 Å². The van der Waals surface area contributed by atoms with Crippen LogP contribution in [0.5, 0.6) is 0 Å². The zero-order valence-corrected chi connectivity index (χ0v) is 18.1. The van der Waals surface area contributed by atoms with Gasteiger partial charge in [-0.15, -0.1) is 0 Å². The molecule has 6 rings (SSSR count). The van der Waals surface area contributed by atoms with Gasteiger partial charge in [-0.2, -0.15) is 0 Å². The summed E-state index contributed by atoms with van der Waals surface area (Å²) in [5.41, 5.74) is 1.56. The lowest BCUT2D eigenvalue weighted by atomic mass is 9.47. The maximum atomic E-state index is 12.9. The number of benzene rings is 1. The van der Waals surface area contributed by atoms with Gasteiger partial charge in [0.05, 0.1) is 35.9 Å². The molecular formula is C25H29NO5. The first-order valence-electron chi connectivity index (χ1n) is 11.1. The number of pyridine rings is 1. The van der Waals surface area contributed by atoms with Crippen LogP contribution in [0.15, 0.2) is 24.3 Å². The molecule has 2 unspecified atom stereocenters. The van der Waals surface area contributed by atoms with E-state index in [2.05, 4.69) is 4.98 Å². The zero-order chi connectivity index (χ0) is 21.8. The number of methoxy groups -OCH3 is 1. The van der Waals surface area contributed by atoms with Gasteiger partial charge in [0, 0.05) is 5.39 Å². The SMILES string of the molecule is COC(=O)c1c(COC(=O)CC23CC4CC(CC(O)(C4)C2)C3)nc2ccccc2c1C. The van der Waals surface area contributed by atoms with Gasteiger partial charge in [-0.05, 0) is 74.3 Å². The van der Waals surface area contributed by atoms with Gasteiger partial charge in [0.15, 0.2) is 0 Å². The summed E-state index contributed by atoms with van der Waals surface area (Å²) >= 11 is 0. The fraction of sp³-hybridized carbons (Fsp3) is 0.560. The van der Waals surface area contributed by atoms with Crippen molar-refractivity contribution in [2.24, 2.45) is 17.3 Å². The molecule has 1 N–H and O–H groups in total. The number of rotatable bonds is 5. The molecule has 0 radical (unpaired) electrons. The van der Waals surface area contributed by atoms with E-state index in [1.165, 1.54) is 13.5 Å². The Kier molecular flexibility index (Phi) is 4.81. The van der Waals surface area contributed by atoms with Gasteiger partial charge in [0.1, 0.15) is 6.61 Å². The fourth-order valence-corrected chi connectivity index (χ4v) is 7.03. The number of aliphatic hydroxyl groups is 1. The van der Waals surface area contributed by atoms with Crippen LogP contribution in [0, 0.1) is 24.2 Å². The van der Waals surface area contributed by atoms with E-state index in [9.17, 15) is 14.7 Å². The minimum absolute atomic E-state index is 0.0673. The fourth-order valence-electron chi connectivity index (χ4n) is 7.03. The third kappa shape index (κ3) is 3.61. The summed E-state index contributed by atoms with van der Waals surface area (Å²) in [5, 5.41) is 11.8. The molecule has 4 fully saturated rings. The van der Waals surface area contributed by atoms with Crippen molar-refractivity contribution < 1.29 is 24.2 Å². The molecule has 164 valence electrons. The predicted molar refractivity (Wildman–Crippen MR) is 114 cm³/mol. The standard InChI is InChI=1S/C25H29NO5/c1-15-18-5-3-4-6-19(18)26-20(22(15)23(28)30-2)13-31-21(27)12-24-8-16-7-17(9-24)11-25(29,10-16)14-24/h3-6,16-17,29H,7-14H2,1-2H3. The van der Waals surface area contributed by atoms with Crippen molar-refractivity contribution in [2.45, 2.75) is 64.1 Å². The Hall–Kier alpha value is -2.47. The molecule has 4 aliphatic carbocycles. The first-order chi connectivity index (χ1) is 14.8. The Bertz CT molecular complexity index is 1050. The predicted octanol–water partition coefficient (Wildman–Crippen LogP) is 4.09. The van der Waals surface area contributed by atoms with E-state index in [1.807, 2.05) is 31.2 Å². The molecule has 4 aliphatic rings. The number of aryl methyl sites for hydroxylation is 1. The molecule has 0 aliphatic heterocycles. The monoisotopic (exact) mass is 423 g/mol. The average Bonchev–Trinajstić information content (AvgIpc) is 2.69. The van der Waals surface area contributed by atoms with Crippen LogP contribution in [0.25, 0.3) is 10.9 Å². The molecule has 1 heterocycles. The second kappa shape index (κ2) is 7.30. The number of esters is 2. The number of para-hydroxylation sites is 1. The summed E-state index contributed by atoms with van der Waals surface area (Å²) in [7, 11) is 1.34. The first-order valence-corrected chi connectivity index (χ1v) is 11.1. The van der Waals surface area contributed by atoms with Crippen molar-refractivity contribution in [3.05, 3.63) is 41.1 Å². The Morgan fingerprint density at radius 1 is 1.16 bits per heavy atom. The molecule has 4 bridgehead atoms. The van der Waals surface area contributed by atoms with E-state index in [0.717, 1.165) is 42.1 Å². The van der Waals surface area contributed by atoms with Crippen LogP contribution in [0.2, 0.25) is 0 Å². The molecule has 1 aromatic carbocycles. The zero-order valence-electron chi connectivity index (χ0n) is 18.1. The van der Waals surface area contributed by atoms with Gasteiger partial charge in [-0.25, -0.2) is 9.78 Å². The third-order valence-corrected chi connectivity index (χ3v) is 7.66. The van der Waals surface area contributed by atoms with E-state index in [-0.39, 0.29) is 18.0 Å². The minimum Gasteiger partial charge on any atom is -0.465 e. The summed E-state index contributed by atoms with van der Waals surface area (Å²) in [6, 6.07) is 7.58. The normalized spacial score (nSPS) is 31.1. The molecule has 0 spiro atoms. The maximum Gasteiger partial charge on any atom is 0.340 e. The Balaban J connectivity index is 1.35. The summed E-state index contributed by atoms with van der Waals surface area (Å²) in [6.07, 6.45) is 5.96. The van der Waals surface area contributed by atoms with Crippen LogP contribution >= 0.6 is 0 Å². The van der Waals surface area contributed by atoms with Crippen molar-refractivity contribution in [2.75, 3.05) is 7.11 Å². The van der Waals surface area contributed by atoms with Crippen LogP contribution in [0.4, 0.5) is 0 Å². The van der Waals surface area contributed by atoms with Gasteiger partial charge >= 0.3 is 11.9 Å². The Morgan fingerprint density at radius 2 is 1.87 bits per heavy atom. The number of carbonyl (C=O) groups excluding carboxylic acids is 2. The van der Waals surface area contributed by atoms with Crippen molar-refractivity contribution in [3.63, 3.8) is 0 Å². The molecule has 1 aromatic heterocycles. The second-order valence-corrected chi connectivity index (χ2v) is 10.1. The molecule has 6 nitrogen and oxygen atoms in total. The summed E-state index contributed by atoms with van der Waals surface area (Å²) in [4.78, 5) is 29.9. The van der Waals surface area contributed by atoms with Crippen molar-refractivity contribution in [1.82, 2.24) is 4.98 Å². The molecule has 4 saturated carbocycles. The highest BCUT2D eigenvalue weighted by Crippen LogP contribution is 2.62. The van der Waals surface area contributed by atoms with Crippen molar-refractivity contribution >= 4 is 22.8 Å². The average molecular weight is 424 g/mol. The molecular weight excluding hydrogens is 394 g/mol. The highest BCUT2D eigenvalue weighted by Gasteiger charge is 2.57. The van der Waals surface area contributed by atoms with Crippen LogP contribution in [0.3, 0.4) is 0 Å². The highest BCUT2D eigenvalue weighted by atomic mass is 16.5. The number of nitrogens with zero attached hydrogens (tertiary/aromatic N) is 1.